The Balaban J connectivity index is 1.15. The number of benzene rings is 1. The second kappa shape index (κ2) is 10.3. The Labute approximate surface area is 232 Å². The molecule has 2 aromatic rings. The van der Waals surface area contributed by atoms with Gasteiger partial charge in [-0.15, -0.1) is 0 Å². The van der Waals surface area contributed by atoms with Crippen molar-refractivity contribution < 1.29 is 9.53 Å². The van der Waals surface area contributed by atoms with Gasteiger partial charge in [0.05, 0.1) is 18.2 Å². The molecule has 3 heterocycles. The summed E-state index contributed by atoms with van der Waals surface area (Å²) in [7, 11) is 1.92. The Morgan fingerprint density at radius 1 is 1.21 bits per heavy atom. The van der Waals surface area contributed by atoms with Crippen LogP contribution in [0.1, 0.15) is 79.4 Å². The Kier molecular flexibility index (Phi) is 6.94. The first-order valence-electron chi connectivity index (χ1n) is 14.9. The van der Waals surface area contributed by atoms with Crippen molar-refractivity contribution in [3.05, 3.63) is 40.2 Å². The lowest BCUT2D eigenvalue weighted by Crippen LogP contribution is -2.58. The molecule has 3 saturated carbocycles. The largest absolute Gasteiger partial charge is 0.388 e. The summed E-state index contributed by atoms with van der Waals surface area (Å²) in [4.78, 5) is 15.4. The van der Waals surface area contributed by atoms with Gasteiger partial charge in [-0.1, -0.05) is 0 Å². The summed E-state index contributed by atoms with van der Waals surface area (Å²) < 4.78 is 7.91. The van der Waals surface area contributed by atoms with Crippen LogP contribution in [0.4, 0.5) is 11.4 Å². The third-order valence-corrected chi connectivity index (χ3v) is 10.2. The number of hydrogen-bond donors (Lipinski definition) is 3. The number of carbonyl (C=O) groups is 1. The molecule has 5 aliphatic rings. The first-order valence-corrected chi connectivity index (χ1v) is 14.9. The zero-order valence-corrected chi connectivity index (χ0v) is 23.9. The maximum Gasteiger partial charge on any atom is 0.225 e. The van der Waals surface area contributed by atoms with E-state index in [0.717, 1.165) is 107 Å². The minimum Gasteiger partial charge on any atom is -0.388 e. The fraction of sp³-hybridized carbons (Fsp3) is 0.645. The fourth-order valence-corrected chi connectivity index (χ4v) is 7.71. The van der Waals surface area contributed by atoms with Gasteiger partial charge in [-0.25, -0.2) is 0 Å². The smallest absolute Gasteiger partial charge is 0.225 e. The lowest BCUT2D eigenvalue weighted by atomic mass is 9.57. The van der Waals surface area contributed by atoms with Crippen LogP contribution >= 0.6 is 0 Å². The van der Waals surface area contributed by atoms with Crippen molar-refractivity contribution in [3.63, 3.8) is 0 Å². The maximum atomic E-state index is 13.0. The van der Waals surface area contributed by atoms with Crippen LogP contribution in [0.15, 0.2) is 12.1 Å². The third-order valence-electron chi connectivity index (χ3n) is 10.2. The molecule has 8 heteroatoms. The number of carbonyl (C=O) groups excluding carboxylic acids is 1. The lowest BCUT2D eigenvalue weighted by molar-refractivity contribution is -0.133. The SMILES string of the molecule is CNc1cc(C)cc(N2CCc3c(c(C)nn3CC34CCC(NC(=O)[C@H]5CCCOC5)(CC3)CC4)C2)c1C=N. The van der Waals surface area contributed by atoms with E-state index in [1.165, 1.54) is 23.0 Å². The predicted molar refractivity (Wildman–Crippen MR) is 155 cm³/mol. The van der Waals surface area contributed by atoms with Crippen molar-refractivity contribution in [3.8, 4) is 0 Å². The molecule has 1 aromatic heterocycles. The van der Waals surface area contributed by atoms with E-state index in [0.29, 0.717) is 6.61 Å². The summed E-state index contributed by atoms with van der Waals surface area (Å²) in [5.74, 6) is 0.242. The molecule has 0 unspecified atom stereocenters. The molecule has 1 saturated heterocycles. The third kappa shape index (κ3) is 4.85. The highest BCUT2D eigenvalue weighted by Crippen LogP contribution is 2.53. The van der Waals surface area contributed by atoms with E-state index in [-0.39, 0.29) is 22.8 Å². The molecule has 0 spiro atoms. The van der Waals surface area contributed by atoms with E-state index in [2.05, 4.69) is 46.2 Å². The van der Waals surface area contributed by atoms with Crippen molar-refractivity contribution in [2.75, 3.05) is 37.0 Å². The Bertz CT molecular complexity index is 1240. The van der Waals surface area contributed by atoms with Gasteiger partial charge < -0.3 is 25.7 Å². The quantitative estimate of drug-likeness (QED) is 0.448. The zero-order valence-electron chi connectivity index (χ0n) is 23.9. The molecule has 2 bridgehead atoms. The van der Waals surface area contributed by atoms with Gasteiger partial charge in [0.1, 0.15) is 0 Å². The number of nitrogens with zero attached hydrogens (tertiary/aromatic N) is 3. The second-order valence-corrected chi connectivity index (χ2v) is 12.7. The summed E-state index contributed by atoms with van der Waals surface area (Å²) in [6.45, 7) is 8.40. The molecule has 1 atom stereocenters. The number of ether oxygens (including phenoxy) is 1. The summed E-state index contributed by atoms with van der Waals surface area (Å²) in [6, 6.07) is 4.32. The Morgan fingerprint density at radius 3 is 2.64 bits per heavy atom. The molecular weight excluding hydrogens is 488 g/mol. The highest BCUT2D eigenvalue weighted by Gasteiger charge is 2.50. The number of hydrogen-bond acceptors (Lipinski definition) is 6. The average Bonchev–Trinajstić information content (AvgIpc) is 3.27. The van der Waals surface area contributed by atoms with Gasteiger partial charge >= 0.3 is 0 Å². The minimum absolute atomic E-state index is 0.0111. The van der Waals surface area contributed by atoms with Gasteiger partial charge in [0.25, 0.3) is 0 Å². The average molecular weight is 533 g/mol. The van der Waals surface area contributed by atoms with E-state index in [1.807, 2.05) is 7.05 Å². The number of rotatable bonds is 7. The monoisotopic (exact) mass is 532 g/mol. The molecule has 39 heavy (non-hydrogen) atoms. The van der Waals surface area contributed by atoms with Crippen molar-refractivity contribution in [1.82, 2.24) is 15.1 Å². The molecule has 2 aliphatic heterocycles. The molecule has 8 nitrogen and oxygen atoms in total. The normalized spacial score (nSPS) is 28.2. The number of anilines is 2. The van der Waals surface area contributed by atoms with Gasteiger partial charge in [-0.05, 0) is 88.3 Å². The summed E-state index contributed by atoms with van der Waals surface area (Å²) in [6.07, 6.45) is 11.1. The van der Waals surface area contributed by atoms with Crippen LogP contribution < -0.4 is 15.5 Å². The van der Waals surface area contributed by atoms with Crippen molar-refractivity contribution in [2.45, 2.75) is 90.3 Å². The van der Waals surface area contributed by atoms with Crippen LogP contribution in [0.25, 0.3) is 0 Å². The van der Waals surface area contributed by atoms with Crippen LogP contribution in [0.2, 0.25) is 0 Å². The van der Waals surface area contributed by atoms with Gasteiger partial charge in [-0.2, -0.15) is 5.10 Å². The number of fused-ring (bicyclic) bond motifs is 4. The van der Waals surface area contributed by atoms with Crippen LogP contribution in [0.3, 0.4) is 0 Å². The molecule has 0 radical (unpaired) electrons. The lowest BCUT2D eigenvalue weighted by Gasteiger charge is -2.54. The van der Waals surface area contributed by atoms with E-state index in [1.54, 1.807) is 0 Å². The molecule has 1 amide bonds. The number of amides is 1. The molecule has 1 aromatic carbocycles. The molecule has 3 N–H and O–H groups in total. The standard InChI is InChI=1S/C31H44N6O2/c1-21-15-26(33-3)24(17-32)28(16-21)36-13-6-27-25(18-36)22(2)35-37(27)20-30-7-10-31(11-8-30,12-9-30)34-29(38)23-5-4-14-39-19-23/h15-17,23,32-33H,4-14,18-20H2,1-3H3,(H,34,38)/t23-,30?,31?/m0/s1. The molecule has 7 rings (SSSR count). The van der Waals surface area contributed by atoms with E-state index in [4.69, 9.17) is 15.2 Å². The zero-order chi connectivity index (χ0) is 27.2. The first-order chi connectivity index (χ1) is 18.8. The second-order valence-electron chi connectivity index (χ2n) is 12.7. The van der Waals surface area contributed by atoms with E-state index in [9.17, 15) is 4.79 Å². The van der Waals surface area contributed by atoms with Gasteiger partial charge in [0, 0.05) is 79.7 Å². The van der Waals surface area contributed by atoms with Crippen LogP contribution in [-0.2, 0) is 29.0 Å². The molecular formula is C31H44N6O2. The fourth-order valence-electron chi connectivity index (χ4n) is 7.71. The number of nitrogens with one attached hydrogen (secondary N) is 3. The van der Waals surface area contributed by atoms with Gasteiger partial charge in [0.15, 0.2) is 0 Å². The van der Waals surface area contributed by atoms with Crippen molar-refractivity contribution >= 4 is 23.5 Å². The molecule has 210 valence electrons. The first kappa shape index (κ1) is 26.4. The molecule has 3 aliphatic carbocycles. The molecule has 4 fully saturated rings. The minimum atomic E-state index is -0.0111. The summed E-state index contributed by atoms with van der Waals surface area (Å²) in [5, 5.41) is 19.9. The van der Waals surface area contributed by atoms with Gasteiger partial charge in [0.2, 0.25) is 5.91 Å². The number of aryl methyl sites for hydroxylation is 2. The summed E-state index contributed by atoms with van der Waals surface area (Å²) >= 11 is 0. The van der Waals surface area contributed by atoms with Crippen LogP contribution in [0.5, 0.6) is 0 Å². The number of aromatic nitrogens is 2. The van der Waals surface area contributed by atoms with Crippen molar-refractivity contribution in [2.24, 2.45) is 11.3 Å². The predicted octanol–water partition coefficient (Wildman–Crippen LogP) is 4.74. The van der Waals surface area contributed by atoms with Crippen LogP contribution in [0, 0.1) is 30.6 Å². The highest BCUT2D eigenvalue weighted by molar-refractivity contribution is 5.94. The van der Waals surface area contributed by atoms with Crippen molar-refractivity contribution in [1.29, 1.82) is 5.41 Å². The van der Waals surface area contributed by atoms with E-state index >= 15 is 0 Å². The highest BCUT2D eigenvalue weighted by atomic mass is 16.5. The topological polar surface area (TPSA) is 95.3 Å². The Hall–Kier alpha value is -2.87. The van der Waals surface area contributed by atoms with E-state index < -0.39 is 0 Å². The Morgan fingerprint density at radius 2 is 1.97 bits per heavy atom. The van der Waals surface area contributed by atoms with Gasteiger partial charge in [-0.3, -0.25) is 9.48 Å². The maximum absolute atomic E-state index is 13.0. The summed E-state index contributed by atoms with van der Waals surface area (Å²) in [5.41, 5.74) is 8.44. The van der Waals surface area contributed by atoms with Crippen LogP contribution in [-0.4, -0.2) is 54.2 Å².